The molecule has 0 atom stereocenters. The number of nitrogens with zero attached hydrogens (tertiary/aromatic N) is 4. The molecule has 5 rings (SSSR count). The van der Waals surface area contributed by atoms with Crippen molar-refractivity contribution < 1.29 is 0 Å². The zero-order valence-corrected chi connectivity index (χ0v) is 18.5. The second kappa shape index (κ2) is 9.10. The molecule has 7 heteroatoms. The molecule has 0 spiro atoms. The van der Waals surface area contributed by atoms with Crippen molar-refractivity contribution in [3.8, 4) is 11.4 Å². The van der Waals surface area contributed by atoms with Crippen LogP contribution in [0, 0.1) is 0 Å². The van der Waals surface area contributed by atoms with Gasteiger partial charge in [-0.15, -0.1) is 0 Å². The van der Waals surface area contributed by atoms with Gasteiger partial charge in [0.25, 0.3) is 0 Å². The quantitative estimate of drug-likeness (QED) is 0.431. The third kappa shape index (κ3) is 4.52. The highest BCUT2D eigenvalue weighted by molar-refractivity contribution is 6.30. The number of anilines is 1. The fourth-order valence-corrected chi connectivity index (χ4v) is 4.40. The SMILES string of the molecule is Clc1ccc(NC2(c3nc(-c4ccncc4)n[nH]3)CCN(Cc3ccccc3)CC2)cc1. The molecule has 0 bridgehead atoms. The van der Waals surface area contributed by atoms with Gasteiger partial charge in [-0.3, -0.25) is 15.0 Å². The Morgan fingerprint density at radius 1 is 0.938 bits per heavy atom. The van der Waals surface area contributed by atoms with E-state index < -0.39 is 0 Å². The topological polar surface area (TPSA) is 69.7 Å². The van der Waals surface area contributed by atoms with Crippen molar-refractivity contribution in [2.45, 2.75) is 24.9 Å². The first kappa shape index (κ1) is 20.7. The summed E-state index contributed by atoms with van der Waals surface area (Å²) >= 11 is 6.11. The molecule has 1 fully saturated rings. The van der Waals surface area contributed by atoms with Crippen LogP contribution in [0.3, 0.4) is 0 Å². The molecule has 0 radical (unpaired) electrons. The molecular weight excluding hydrogens is 420 g/mol. The summed E-state index contributed by atoms with van der Waals surface area (Å²) in [4.78, 5) is 11.5. The zero-order chi connectivity index (χ0) is 21.8. The number of hydrogen-bond donors (Lipinski definition) is 2. The summed E-state index contributed by atoms with van der Waals surface area (Å²) in [5, 5.41) is 12.2. The van der Waals surface area contributed by atoms with E-state index in [2.05, 4.69) is 55.7 Å². The van der Waals surface area contributed by atoms with Crippen LogP contribution in [0.15, 0.2) is 79.1 Å². The normalized spacial score (nSPS) is 16.0. The molecule has 2 aromatic carbocycles. The Labute approximate surface area is 192 Å². The van der Waals surface area contributed by atoms with Crippen LogP contribution in [-0.2, 0) is 12.1 Å². The van der Waals surface area contributed by atoms with Crippen LogP contribution >= 0.6 is 11.6 Å². The molecule has 1 aliphatic heterocycles. The van der Waals surface area contributed by atoms with Gasteiger partial charge in [-0.1, -0.05) is 41.9 Å². The van der Waals surface area contributed by atoms with Crippen molar-refractivity contribution >= 4 is 17.3 Å². The highest BCUT2D eigenvalue weighted by Gasteiger charge is 2.39. The average molecular weight is 445 g/mol. The van der Waals surface area contributed by atoms with E-state index in [0.717, 1.165) is 54.6 Å². The Kier molecular flexibility index (Phi) is 5.88. The number of piperidine rings is 1. The first-order valence-electron chi connectivity index (χ1n) is 10.8. The lowest BCUT2D eigenvalue weighted by Crippen LogP contribution is -2.47. The molecule has 2 N–H and O–H groups in total. The number of rotatable bonds is 6. The number of hydrogen-bond acceptors (Lipinski definition) is 5. The van der Waals surface area contributed by atoms with Gasteiger partial charge in [0.05, 0.1) is 5.54 Å². The third-order valence-electron chi connectivity index (χ3n) is 6.06. The predicted molar refractivity (Wildman–Crippen MR) is 127 cm³/mol. The van der Waals surface area contributed by atoms with Gasteiger partial charge >= 0.3 is 0 Å². The Balaban J connectivity index is 1.40. The molecule has 162 valence electrons. The highest BCUT2D eigenvalue weighted by atomic mass is 35.5. The van der Waals surface area contributed by atoms with E-state index in [1.165, 1.54) is 5.56 Å². The first-order valence-corrected chi connectivity index (χ1v) is 11.2. The molecular formula is C25H25ClN6. The number of halogens is 1. The molecule has 1 aliphatic rings. The van der Waals surface area contributed by atoms with Crippen molar-refractivity contribution in [2.75, 3.05) is 18.4 Å². The van der Waals surface area contributed by atoms with Gasteiger partial charge in [-0.25, -0.2) is 4.98 Å². The number of aromatic nitrogens is 4. The van der Waals surface area contributed by atoms with Crippen LogP contribution in [-0.4, -0.2) is 38.2 Å². The standard InChI is InChI=1S/C25H25ClN6/c26-21-6-8-22(9-7-21)29-25(24-28-23(30-31-24)20-10-14-27-15-11-20)12-16-32(17-13-25)18-19-4-2-1-3-5-19/h1-11,14-15,29H,12-13,16-18H2,(H,28,30,31). The zero-order valence-electron chi connectivity index (χ0n) is 17.7. The Hall–Kier alpha value is -3.22. The average Bonchev–Trinajstić information content (AvgIpc) is 3.34. The third-order valence-corrected chi connectivity index (χ3v) is 6.32. The molecule has 3 heterocycles. The molecule has 4 aromatic rings. The van der Waals surface area contributed by atoms with Gasteiger partial charge in [0.15, 0.2) is 11.6 Å². The van der Waals surface area contributed by atoms with Crippen molar-refractivity contribution in [1.82, 2.24) is 25.1 Å². The fraction of sp³-hybridized carbons (Fsp3) is 0.240. The smallest absolute Gasteiger partial charge is 0.181 e. The van der Waals surface area contributed by atoms with E-state index >= 15 is 0 Å². The van der Waals surface area contributed by atoms with Crippen molar-refractivity contribution in [3.63, 3.8) is 0 Å². The van der Waals surface area contributed by atoms with E-state index in [9.17, 15) is 0 Å². The van der Waals surface area contributed by atoms with Gasteiger partial charge in [0, 0.05) is 48.3 Å². The van der Waals surface area contributed by atoms with E-state index in [-0.39, 0.29) is 5.54 Å². The minimum atomic E-state index is -0.334. The van der Waals surface area contributed by atoms with Crippen molar-refractivity contribution in [1.29, 1.82) is 0 Å². The number of nitrogens with one attached hydrogen (secondary N) is 2. The Morgan fingerprint density at radius 2 is 1.66 bits per heavy atom. The lowest BCUT2D eigenvalue weighted by atomic mass is 9.86. The maximum absolute atomic E-state index is 6.11. The van der Waals surface area contributed by atoms with Crippen LogP contribution in [0.1, 0.15) is 24.2 Å². The minimum Gasteiger partial charge on any atom is -0.373 e. The van der Waals surface area contributed by atoms with Crippen LogP contribution < -0.4 is 5.32 Å². The summed E-state index contributed by atoms with van der Waals surface area (Å²) in [5.74, 6) is 1.55. The lowest BCUT2D eigenvalue weighted by molar-refractivity contribution is 0.162. The largest absolute Gasteiger partial charge is 0.373 e. The Bertz CT molecular complexity index is 1140. The molecule has 0 amide bonds. The summed E-state index contributed by atoms with van der Waals surface area (Å²) in [6.07, 6.45) is 5.34. The van der Waals surface area contributed by atoms with Crippen LogP contribution in [0.4, 0.5) is 5.69 Å². The van der Waals surface area contributed by atoms with E-state index in [4.69, 9.17) is 16.6 Å². The monoisotopic (exact) mass is 444 g/mol. The maximum Gasteiger partial charge on any atom is 0.181 e. The van der Waals surface area contributed by atoms with Gasteiger partial charge in [0.2, 0.25) is 0 Å². The second-order valence-corrected chi connectivity index (χ2v) is 8.66. The summed E-state index contributed by atoms with van der Waals surface area (Å²) in [7, 11) is 0. The number of aromatic amines is 1. The molecule has 0 aliphatic carbocycles. The van der Waals surface area contributed by atoms with Gasteiger partial charge in [-0.2, -0.15) is 5.10 Å². The van der Waals surface area contributed by atoms with E-state index in [0.29, 0.717) is 5.82 Å². The molecule has 6 nitrogen and oxygen atoms in total. The van der Waals surface area contributed by atoms with Crippen LogP contribution in [0.5, 0.6) is 0 Å². The molecule has 0 unspecified atom stereocenters. The van der Waals surface area contributed by atoms with Crippen LogP contribution in [0.25, 0.3) is 11.4 Å². The lowest BCUT2D eigenvalue weighted by Gasteiger charge is -2.41. The maximum atomic E-state index is 6.11. The van der Waals surface area contributed by atoms with Crippen molar-refractivity contribution in [2.24, 2.45) is 0 Å². The molecule has 1 saturated heterocycles. The number of pyridine rings is 1. The minimum absolute atomic E-state index is 0.334. The summed E-state index contributed by atoms with van der Waals surface area (Å²) in [6.45, 7) is 2.87. The highest BCUT2D eigenvalue weighted by Crippen LogP contribution is 2.36. The van der Waals surface area contributed by atoms with E-state index in [1.807, 2.05) is 36.4 Å². The van der Waals surface area contributed by atoms with Gasteiger partial charge in [-0.05, 0) is 54.8 Å². The summed E-state index contributed by atoms with van der Waals surface area (Å²) in [5.41, 5.74) is 2.97. The van der Waals surface area contributed by atoms with Crippen LogP contribution in [0.2, 0.25) is 5.02 Å². The number of likely N-dealkylation sites (tertiary alicyclic amines) is 1. The number of benzene rings is 2. The second-order valence-electron chi connectivity index (χ2n) is 8.22. The number of H-pyrrole nitrogens is 1. The van der Waals surface area contributed by atoms with Gasteiger partial charge < -0.3 is 5.32 Å². The summed E-state index contributed by atoms with van der Waals surface area (Å²) in [6, 6.07) is 22.3. The predicted octanol–water partition coefficient (Wildman–Crippen LogP) is 5.12. The van der Waals surface area contributed by atoms with E-state index in [1.54, 1.807) is 12.4 Å². The summed E-state index contributed by atoms with van der Waals surface area (Å²) < 4.78 is 0. The molecule has 32 heavy (non-hydrogen) atoms. The molecule has 0 saturated carbocycles. The van der Waals surface area contributed by atoms with Crippen molar-refractivity contribution in [3.05, 3.63) is 95.5 Å². The first-order chi connectivity index (χ1) is 15.7. The Morgan fingerprint density at radius 3 is 2.38 bits per heavy atom. The fourth-order valence-electron chi connectivity index (χ4n) is 4.27. The van der Waals surface area contributed by atoms with Gasteiger partial charge in [0.1, 0.15) is 0 Å². The molecule has 2 aromatic heterocycles.